The Morgan fingerprint density at radius 1 is 1.22 bits per heavy atom. The molecule has 0 saturated heterocycles. The number of nitrogens with two attached hydrogens (primary N) is 1. The normalized spacial score (nSPS) is 10.3. The molecule has 100 valence electrons. The number of ether oxygens (including phenoxy) is 3. The van der Waals surface area contributed by atoms with Crippen LogP contribution in [0.25, 0.3) is 0 Å². The van der Waals surface area contributed by atoms with Crippen LogP contribution in [0.3, 0.4) is 0 Å². The number of carbonyl (C=O) groups excluding carboxylic acids is 1. The smallest absolute Gasteiger partial charge is 0.360 e. The fourth-order valence-electron chi connectivity index (χ4n) is 1.14. The molecule has 0 unspecified atom stereocenters. The fourth-order valence-corrected chi connectivity index (χ4v) is 1.14. The summed E-state index contributed by atoms with van der Waals surface area (Å²) in [6.07, 6.45) is 3.41. The highest BCUT2D eigenvalue weighted by atomic mass is 16.5. The molecular formula is C11H17N3O4. The van der Waals surface area contributed by atoms with Gasteiger partial charge in [0.1, 0.15) is 0 Å². The predicted octanol–water partition coefficient (Wildman–Crippen LogP) is 0.269. The van der Waals surface area contributed by atoms with Gasteiger partial charge in [-0.05, 0) is 0 Å². The first kappa shape index (κ1) is 14.3. The number of carbonyl (C=O) groups is 1. The molecular weight excluding hydrogens is 238 g/mol. The van der Waals surface area contributed by atoms with E-state index in [4.69, 9.17) is 19.9 Å². The van der Waals surface area contributed by atoms with Crippen molar-refractivity contribution in [2.24, 2.45) is 0 Å². The van der Waals surface area contributed by atoms with Crippen LogP contribution in [0, 0.1) is 0 Å². The number of hydrogen-bond acceptors (Lipinski definition) is 7. The molecule has 1 heterocycles. The monoisotopic (exact) mass is 255 g/mol. The molecule has 0 fully saturated rings. The number of hydrogen-bond donors (Lipinski definition) is 1. The van der Waals surface area contributed by atoms with Gasteiger partial charge < -0.3 is 19.9 Å². The first-order chi connectivity index (χ1) is 8.75. The third-order valence-electron chi connectivity index (χ3n) is 2.02. The van der Waals surface area contributed by atoms with E-state index in [1.807, 2.05) is 0 Å². The average Bonchev–Trinajstić information content (AvgIpc) is 2.38. The number of anilines is 1. The fraction of sp³-hybridized carbons (Fsp3) is 0.545. The van der Waals surface area contributed by atoms with Crippen LogP contribution in [0.5, 0.6) is 0 Å². The highest BCUT2D eigenvalue weighted by Crippen LogP contribution is 2.04. The van der Waals surface area contributed by atoms with Crippen molar-refractivity contribution in [1.29, 1.82) is 0 Å². The highest BCUT2D eigenvalue weighted by Gasteiger charge is 2.12. The van der Waals surface area contributed by atoms with Crippen molar-refractivity contribution in [3.05, 3.63) is 18.1 Å². The molecule has 0 atom stereocenters. The van der Waals surface area contributed by atoms with Gasteiger partial charge in [-0.3, -0.25) is 0 Å². The molecule has 7 nitrogen and oxygen atoms in total. The van der Waals surface area contributed by atoms with E-state index < -0.39 is 5.97 Å². The lowest BCUT2D eigenvalue weighted by molar-refractivity contribution is 0.0381. The third-order valence-corrected chi connectivity index (χ3v) is 2.02. The molecule has 0 spiro atoms. The Hall–Kier alpha value is -1.73. The van der Waals surface area contributed by atoms with Crippen molar-refractivity contribution in [3.63, 3.8) is 0 Å². The minimum Gasteiger partial charge on any atom is -0.461 e. The molecule has 0 amide bonds. The molecule has 2 N–H and O–H groups in total. The number of rotatable bonds is 8. The lowest BCUT2D eigenvalue weighted by Crippen LogP contribution is -2.13. The Kier molecular flexibility index (Phi) is 6.67. The van der Waals surface area contributed by atoms with Crippen LogP contribution >= 0.6 is 0 Å². The van der Waals surface area contributed by atoms with E-state index in [1.165, 1.54) is 12.4 Å². The van der Waals surface area contributed by atoms with Crippen molar-refractivity contribution in [3.8, 4) is 0 Å². The van der Waals surface area contributed by atoms with Gasteiger partial charge in [0.15, 0.2) is 11.5 Å². The Bertz CT molecular complexity index is 373. The van der Waals surface area contributed by atoms with Crippen LogP contribution in [0.1, 0.15) is 16.9 Å². The van der Waals surface area contributed by atoms with Gasteiger partial charge in [-0.2, -0.15) is 0 Å². The molecule has 0 aromatic carbocycles. The molecule has 0 radical (unpaired) electrons. The first-order valence-electron chi connectivity index (χ1n) is 5.56. The van der Waals surface area contributed by atoms with E-state index in [1.54, 1.807) is 7.11 Å². The summed E-state index contributed by atoms with van der Waals surface area (Å²) in [7, 11) is 1.61. The second-order valence-corrected chi connectivity index (χ2v) is 3.38. The molecule has 0 bridgehead atoms. The van der Waals surface area contributed by atoms with Crippen molar-refractivity contribution in [2.75, 3.05) is 39.3 Å². The predicted molar refractivity (Wildman–Crippen MR) is 64.0 cm³/mol. The zero-order valence-electron chi connectivity index (χ0n) is 10.3. The number of methoxy groups -OCH3 is 1. The summed E-state index contributed by atoms with van der Waals surface area (Å²) in [5.74, 6) is -0.503. The summed E-state index contributed by atoms with van der Waals surface area (Å²) < 4.78 is 15.0. The zero-order chi connectivity index (χ0) is 13.2. The summed E-state index contributed by atoms with van der Waals surface area (Å²) in [6.45, 7) is 1.84. The van der Waals surface area contributed by atoms with E-state index in [0.29, 0.717) is 26.2 Å². The summed E-state index contributed by atoms with van der Waals surface area (Å²) in [6, 6.07) is 0. The van der Waals surface area contributed by atoms with E-state index >= 15 is 0 Å². The minimum atomic E-state index is -0.572. The summed E-state index contributed by atoms with van der Waals surface area (Å²) >= 11 is 0. The van der Waals surface area contributed by atoms with Crippen molar-refractivity contribution in [1.82, 2.24) is 9.97 Å². The molecule has 0 saturated carbocycles. The number of esters is 1. The van der Waals surface area contributed by atoms with Crippen LogP contribution in [-0.2, 0) is 14.2 Å². The van der Waals surface area contributed by atoms with Crippen molar-refractivity contribution < 1.29 is 19.0 Å². The Morgan fingerprint density at radius 2 is 2.00 bits per heavy atom. The Labute approximate surface area is 105 Å². The third kappa shape index (κ3) is 5.07. The van der Waals surface area contributed by atoms with Crippen LogP contribution in [0.15, 0.2) is 12.4 Å². The lowest BCUT2D eigenvalue weighted by Gasteiger charge is -2.06. The van der Waals surface area contributed by atoms with Gasteiger partial charge in [-0.25, -0.2) is 14.8 Å². The number of aromatic nitrogens is 2. The van der Waals surface area contributed by atoms with E-state index in [-0.39, 0.29) is 18.1 Å². The first-order valence-corrected chi connectivity index (χ1v) is 5.56. The molecule has 0 aliphatic rings. The summed E-state index contributed by atoms with van der Waals surface area (Å²) in [5, 5.41) is 0. The maximum atomic E-state index is 11.5. The molecule has 0 aliphatic heterocycles. The lowest BCUT2D eigenvalue weighted by atomic mass is 10.4. The maximum absolute atomic E-state index is 11.5. The van der Waals surface area contributed by atoms with Crippen LogP contribution in [0.2, 0.25) is 0 Å². The van der Waals surface area contributed by atoms with Gasteiger partial charge in [0.25, 0.3) is 0 Å². The Morgan fingerprint density at radius 3 is 2.72 bits per heavy atom. The van der Waals surface area contributed by atoms with Crippen LogP contribution < -0.4 is 5.73 Å². The van der Waals surface area contributed by atoms with E-state index in [9.17, 15) is 4.79 Å². The van der Waals surface area contributed by atoms with Gasteiger partial charge in [0.05, 0.1) is 19.8 Å². The molecule has 1 aromatic heterocycles. The summed E-state index contributed by atoms with van der Waals surface area (Å²) in [5.41, 5.74) is 5.53. The quantitative estimate of drug-likeness (QED) is 0.526. The van der Waals surface area contributed by atoms with E-state index in [2.05, 4.69) is 9.97 Å². The Balaban J connectivity index is 2.16. The van der Waals surface area contributed by atoms with Crippen molar-refractivity contribution >= 4 is 11.8 Å². The van der Waals surface area contributed by atoms with Gasteiger partial charge in [0, 0.05) is 32.5 Å². The van der Waals surface area contributed by atoms with Gasteiger partial charge in [0.2, 0.25) is 0 Å². The molecule has 0 aliphatic carbocycles. The van der Waals surface area contributed by atoms with Crippen LogP contribution in [0.4, 0.5) is 5.82 Å². The average molecular weight is 255 g/mol. The number of nitrogen functional groups attached to an aromatic ring is 1. The minimum absolute atomic E-state index is 0.0396. The van der Waals surface area contributed by atoms with Gasteiger partial charge in [-0.15, -0.1) is 0 Å². The van der Waals surface area contributed by atoms with Gasteiger partial charge in [-0.1, -0.05) is 0 Å². The van der Waals surface area contributed by atoms with Crippen molar-refractivity contribution in [2.45, 2.75) is 6.42 Å². The highest BCUT2D eigenvalue weighted by molar-refractivity contribution is 5.91. The number of nitrogens with zero attached hydrogens (tertiary/aromatic N) is 2. The second-order valence-electron chi connectivity index (χ2n) is 3.38. The zero-order valence-corrected chi connectivity index (χ0v) is 10.3. The topological polar surface area (TPSA) is 96.6 Å². The maximum Gasteiger partial charge on any atom is 0.360 e. The van der Waals surface area contributed by atoms with Gasteiger partial charge >= 0.3 is 5.97 Å². The van der Waals surface area contributed by atoms with Crippen LogP contribution in [-0.4, -0.2) is 49.5 Å². The standard InChI is InChI=1S/C11H17N3O4/c1-16-7-8-17-5-2-6-18-11(15)9-10(12)14-4-3-13-9/h3-4H,2,5-8H2,1H3,(H2,12,14). The molecule has 7 heteroatoms. The largest absolute Gasteiger partial charge is 0.461 e. The molecule has 18 heavy (non-hydrogen) atoms. The van der Waals surface area contributed by atoms with E-state index in [0.717, 1.165) is 0 Å². The molecule has 1 rings (SSSR count). The summed E-state index contributed by atoms with van der Waals surface area (Å²) in [4.78, 5) is 19.1. The molecule has 1 aromatic rings. The second kappa shape index (κ2) is 8.37. The SMILES string of the molecule is COCCOCCCOC(=O)c1nccnc1N.